The molecule has 1 saturated heterocycles. The van der Waals surface area contributed by atoms with Crippen LogP contribution in [0.15, 0.2) is 36.5 Å². The van der Waals surface area contributed by atoms with E-state index in [4.69, 9.17) is 0 Å². The van der Waals surface area contributed by atoms with Gasteiger partial charge in [-0.3, -0.25) is 9.78 Å². The second-order valence-corrected chi connectivity index (χ2v) is 8.92. The summed E-state index contributed by atoms with van der Waals surface area (Å²) in [7, 11) is 0. The number of amides is 1. The Hall–Kier alpha value is -2.97. The first kappa shape index (κ1) is 21.3. The number of rotatable bonds is 2. The van der Waals surface area contributed by atoms with E-state index in [1.165, 1.54) is 0 Å². The van der Waals surface area contributed by atoms with Gasteiger partial charge in [0, 0.05) is 42.4 Å². The molecular formula is C22H24F3N5O. The van der Waals surface area contributed by atoms with Crippen LogP contribution in [0.25, 0.3) is 5.65 Å². The molecule has 4 rings (SSSR count). The lowest BCUT2D eigenvalue weighted by Gasteiger charge is -2.32. The minimum absolute atomic E-state index is 0.169. The monoisotopic (exact) mass is 431 g/mol. The average molecular weight is 431 g/mol. The molecule has 6 nitrogen and oxygen atoms in total. The van der Waals surface area contributed by atoms with Gasteiger partial charge in [0.25, 0.3) is 5.91 Å². The number of nitrogens with zero attached hydrogens (tertiary/aromatic N) is 5. The Labute approximate surface area is 178 Å². The third-order valence-electron chi connectivity index (χ3n) is 5.52. The van der Waals surface area contributed by atoms with Crippen molar-refractivity contribution in [2.24, 2.45) is 0 Å². The molecule has 3 aromatic rings. The van der Waals surface area contributed by atoms with Crippen molar-refractivity contribution in [3.63, 3.8) is 0 Å². The Morgan fingerprint density at radius 1 is 1.16 bits per heavy atom. The highest BCUT2D eigenvalue weighted by Crippen LogP contribution is 2.34. The summed E-state index contributed by atoms with van der Waals surface area (Å²) in [5.41, 5.74) is 0.109. The lowest BCUT2D eigenvalue weighted by molar-refractivity contribution is -0.142. The highest BCUT2D eigenvalue weighted by atomic mass is 19.4. The number of likely N-dealkylation sites (tertiary alicyclic amines) is 1. The summed E-state index contributed by atoms with van der Waals surface area (Å²) in [5, 5.41) is 4.18. The van der Waals surface area contributed by atoms with E-state index in [1.807, 2.05) is 20.8 Å². The topological polar surface area (TPSA) is 63.4 Å². The number of aromatic nitrogens is 4. The van der Waals surface area contributed by atoms with Crippen molar-refractivity contribution >= 4 is 11.6 Å². The number of alkyl halides is 3. The van der Waals surface area contributed by atoms with Gasteiger partial charge in [0.15, 0.2) is 5.65 Å². The van der Waals surface area contributed by atoms with E-state index in [2.05, 4.69) is 15.1 Å². The Balaban J connectivity index is 1.71. The number of halogens is 3. The van der Waals surface area contributed by atoms with Crippen molar-refractivity contribution < 1.29 is 18.0 Å². The van der Waals surface area contributed by atoms with E-state index in [-0.39, 0.29) is 17.5 Å². The largest absolute Gasteiger partial charge is 0.433 e. The van der Waals surface area contributed by atoms with Gasteiger partial charge in [-0.15, -0.1) is 0 Å². The number of carbonyl (C=O) groups is 1. The van der Waals surface area contributed by atoms with E-state index >= 15 is 0 Å². The van der Waals surface area contributed by atoms with Crippen LogP contribution < -0.4 is 0 Å². The first-order valence-corrected chi connectivity index (χ1v) is 10.2. The first-order chi connectivity index (χ1) is 14.5. The van der Waals surface area contributed by atoms with Crippen molar-refractivity contribution in [3.05, 3.63) is 59.3 Å². The smallest absolute Gasteiger partial charge is 0.337 e. The second kappa shape index (κ2) is 7.62. The molecule has 4 heterocycles. The van der Waals surface area contributed by atoms with Crippen molar-refractivity contribution in [1.29, 1.82) is 0 Å². The van der Waals surface area contributed by atoms with Crippen LogP contribution >= 0.6 is 0 Å². The summed E-state index contributed by atoms with van der Waals surface area (Å²) >= 11 is 0. The zero-order valence-corrected chi connectivity index (χ0v) is 17.6. The predicted octanol–water partition coefficient (Wildman–Crippen LogP) is 4.46. The molecule has 3 aromatic heterocycles. The van der Waals surface area contributed by atoms with Crippen LogP contribution in [-0.4, -0.2) is 43.5 Å². The minimum Gasteiger partial charge on any atom is -0.337 e. The van der Waals surface area contributed by atoms with Gasteiger partial charge in [-0.2, -0.15) is 18.3 Å². The van der Waals surface area contributed by atoms with Crippen LogP contribution in [0.3, 0.4) is 0 Å². The Bertz CT molecular complexity index is 1100. The summed E-state index contributed by atoms with van der Waals surface area (Å²) in [6, 6.07) is 7.78. The van der Waals surface area contributed by atoms with Gasteiger partial charge in [-0.05, 0) is 31.0 Å². The molecule has 0 saturated carbocycles. The quantitative estimate of drug-likeness (QED) is 0.601. The van der Waals surface area contributed by atoms with E-state index in [0.717, 1.165) is 10.6 Å². The third-order valence-corrected chi connectivity index (χ3v) is 5.52. The molecule has 0 N–H and O–H groups in total. The first-order valence-electron chi connectivity index (χ1n) is 10.2. The van der Waals surface area contributed by atoms with Gasteiger partial charge in [0.2, 0.25) is 0 Å². The molecule has 0 aliphatic carbocycles. The number of piperidine rings is 1. The van der Waals surface area contributed by atoms with E-state index in [1.54, 1.807) is 35.4 Å². The molecule has 1 fully saturated rings. The number of carbonyl (C=O) groups excluding carboxylic acids is 1. The van der Waals surface area contributed by atoms with E-state index < -0.39 is 17.3 Å². The zero-order chi connectivity index (χ0) is 22.4. The summed E-state index contributed by atoms with van der Waals surface area (Å²) in [4.78, 5) is 23.0. The van der Waals surface area contributed by atoms with Crippen LogP contribution in [0, 0.1) is 0 Å². The van der Waals surface area contributed by atoms with Crippen LogP contribution in [0.5, 0.6) is 0 Å². The second-order valence-electron chi connectivity index (χ2n) is 8.92. The van der Waals surface area contributed by atoms with E-state index in [9.17, 15) is 18.0 Å². The van der Waals surface area contributed by atoms with Gasteiger partial charge < -0.3 is 4.90 Å². The summed E-state index contributed by atoms with van der Waals surface area (Å²) in [6.07, 6.45) is -1.68. The molecular weight excluding hydrogens is 407 g/mol. The van der Waals surface area contributed by atoms with Gasteiger partial charge in [0.1, 0.15) is 11.4 Å². The lowest BCUT2D eigenvalue weighted by Crippen LogP contribution is -2.39. The minimum atomic E-state index is -4.57. The highest BCUT2D eigenvalue weighted by molar-refractivity contribution is 5.92. The van der Waals surface area contributed by atoms with Crippen molar-refractivity contribution in [2.45, 2.75) is 51.1 Å². The molecule has 1 amide bonds. The lowest BCUT2D eigenvalue weighted by atomic mass is 9.92. The standard InChI is InChI=1S/C22H24F3N5O/c1-21(2,3)17-12-19-27-16(11-18(22(23,24)25)30(19)28-17)14-7-6-10-29(13-14)20(31)15-8-4-5-9-26-15/h4-5,8-9,11-12,14H,6-7,10,13H2,1-3H3/t14-/m1/s1. The number of pyridine rings is 1. The molecule has 1 aliphatic heterocycles. The van der Waals surface area contributed by atoms with Crippen molar-refractivity contribution in [2.75, 3.05) is 13.1 Å². The molecule has 0 unspecified atom stereocenters. The van der Waals surface area contributed by atoms with Gasteiger partial charge in [-0.25, -0.2) is 9.50 Å². The maximum absolute atomic E-state index is 13.8. The predicted molar refractivity (Wildman–Crippen MR) is 109 cm³/mol. The Morgan fingerprint density at radius 3 is 2.58 bits per heavy atom. The number of hydrogen-bond donors (Lipinski definition) is 0. The molecule has 0 spiro atoms. The van der Waals surface area contributed by atoms with Gasteiger partial charge in [-0.1, -0.05) is 26.8 Å². The fourth-order valence-corrected chi connectivity index (χ4v) is 3.83. The van der Waals surface area contributed by atoms with Crippen molar-refractivity contribution in [3.8, 4) is 0 Å². The maximum atomic E-state index is 13.8. The van der Waals surface area contributed by atoms with Crippen LogP contribution in [0.4, 0.5) is 13.2 Å². The van der Waals surface area contributed by atoms with Crippen LogP contribution in [0.2, 0.25) is 0 Å². The summed E-state index contributed by atoms with van der Waals surface area (Å²) < 4.78 is 42.4. The molecule has 31 heavy (non-hydrogen) atoms. The Morgan fingerprint density at radius 2 is 1.94 bits per heavy atom. The molecule has 1 atom stereocenters. The maximum Gasteiger partial charge on any atom is 0.433 e. The zero-order valence-electron chi connectivity index (χ0n) is 17.6. The molecule has 164 valence electrons. The van der Waals surface area contributed by atoms with Gasteiger partial charge in [0.05, 0.1) is 5.69 Å². The van der Waals surface area contributed by atoms with E-state index in [0.29, 0.717) is 43.0 Å². The normalized spacial score (nSPS) is 17.9. The fraction of sp³-hybridized carbons (Fsp3) is 0.455. The fourth-order valence-electron chi connectivity index (χ4n) is 3.83. The average Bonchev–Trinajstić information content (AvgIpc) is 3.17. The molecule has 9 heteroatoms. The summed E-state index contributed by atoms with van der Waals surface area (Å²) in [5.74, 6) is -0.512. The highest BCUT2D eigenvalue weighted by Gasteiger charge is 2.37. The molecule has 0 aromatic carbocycles. The molecule has 0 bridgehead atoms. The van der Waals surface area contributed by atoms with Crippen LogP contribution in [-0.2, 0) is 11.6 Å². The Kier molecular flexibility index (Phi) is 5.23. The van der Waals surface area contributed by atoms with Crippen molar-refractivity contribution in [1.82, 2.24) is 24.5 Å². The molecule has 0 radical (unpaired) electrons. The molecule has 1 aliphatic rings. The SMILES string of the molecule is CC(C)(C)c1cc2nc([C@@H]3CCCN(C(=O)c4ccccn4)C3)cc(C(F)(F)F)n2n1. The van der Waals surface area contributed by atoms with Gasteiger partial charge >= 0.3 is 6.18 Å². The summed E-state index contributed by atoms with van der Waals surface area (Å²) in [6.45, 7) is 6.53. The van der Waals surface area contributed by atoms with Crippen LogP contribution in [0.1, 0.15) is 67.1 Å². The number of fused-ring (bicyclic) bond motifs is 1. The third kappa shape index (κ3) is 4.26. The number of hydrogen-bond acceptors (Lipinski definition) is 4.